The zero-order valence-corrected chi connectivity index (χ0v) is 25.5. The normalized spacial score (nSPS) is 32.0. The quantitative estimate of drug-likeness (QED) is 0.409. The van der Waals surface area contributed by atoms with Crippen LogP contribution in [0, 0.1) is 29.1 Å². The number of benzene rings is 2. The molecule has 218 valence electrons. The van der Waals surface area contributed by atoms with Crippen molar-refractivity contribution in [1.82, 2.24) is 0 Å². The third kappa shape index (κ3) is 4.53. The molecule has 2 aromatic rings. The summed E-state index contributed by atoms with van der Waals surface area (Å²) in [5.41, 5.74) is 7.68. The van der Waals surface area contributed by atoms with Gasteiger partial charge in [0.1, 0.15) is 5.60 Å². The Hall–Kier alpha value is -3.29. The van der Waals surface area contributed by atoms with Crippen LogP contribution in [0.3, 0.4) is 0 Å². The Morgan fingerprint density at radius 3 is 2.40 bits per heavy atom. The van der Waals surface area contributed by atoms with E-state index in [0.29, 0.717) is 11.8 Å². The van der Waals surface area contributed by atoms with Crippen molar-refractivity contribution in [2.75, 3.05) is 37.0 Å². The van der Waals surface area contributed by atoms with Crippen LogP contribution < -0.4 is 9.80 Å². The molecule has 1 aliphatic heterocycles. The molecular formula is C38H44N2O2. The highest BCUT2D eigenvalue weighted by molar-refractivity contribution is 5.98. The van der Waals surface area contributed by atoms with E-state index in [1.165, 1.54) is 29.7 Å². The van der Waals surface area contributed by atoms with Crippen LogP contribution in [-0.4, -0.2) is 43.7 Å². The molecule has 1 saturated heterocycles. The van der Waals surface area contributed by atoms with Gasteiger partial charge in [-0.3, -0.25) is 4.79 Å². The van der Waals surface area contributed by atoms with E-state index in [1.54, 1.807) is 5.57 Å². The highest BCUT2D eigenvalue weighted by Crippen LogP contribution is 2.63. The Morgan fingerprint density at radius 1 is 0.952 bits per heavy atom. The zero-order chi connectivity index (χ0) is 29.1. The first-order valence-electron chi connectivity index (χ1n) is 16.1. The maximum Gasteiger partial charge on any atom is 0.163 e. The Kier molecular flexibility index (Phi) is 6.86. The topological polar surface area (TPSA) is 43.8 Å². The van der Waals surface area contributed by atoms with Gasteiger partial charge < -0.3 is 14.9 Å². The monoisotopic (exact) mass is 560 g/mol. The summed E-state index contributed by atoms with van der Waals surface area (Å²) < 4.78 is 0. The Labute approximate surface area is 251 Å². The highest BCUT2D eigenvalue weighted by Gasteiger charge is 2.60. The van der Waals surface area contributed by atoms with Gasteiger partial charge in [-0.25, -0.2) is 0 Å². The average Bonchev–Trinajstić information content (AvgIpc) is 3.63. The molecule has 2 aromatic carbocycles. The van der Waals surface area contributed by atoms with Crippen LogP contribution in [0.2, 0.25) is 0 Å². The minimum absolute atomic E-state index is 0.0947. The number of fused-ring (bicyclic) bond motifs is 4. The Morgan fingerprint density at radius 2 is 1.69 bits per heavy atom. The summed E-state index contributed by atoms with van der Waals surface area (Å²) in [4.78, 5) is 17.8. The van der Waals surface area contributed by atoms with Crippen molar-refractivity contribution in [2.24, 2.45) is 17.3 Å². The molecule has 5 aliphatic rings. The van der Waals surface area contributed by atoms with Crippen LogP contribution in [0.1, 0.15) is 81.8 Å². The Balaban J connectivity index is 1.13. The lowest BCUT2D eigenvalue weighted by molar-refractivity contribution is -0.116. The van der Waals surface area contributed by atoms with E-state index in [1.807, 2.05) is 20.2 Å². The van der Waals surface area contributed by atoms with E-state index in [2.05, 4.69) is 77.1 Å². The molecule has 1 unspecified atom stereocenters. The van der Waals surface area contributed by atoms with Crippen LogP contribution in [-0.2, 0) is 4.79 Å². The van der Waals surface area contributed by atoms with Crippen molar-refractivity contribution >= 4 is 17.2 Å². The molecule has 0 spiro atoms. The minimum Gasteiger partial charge on any atom is -0.378 e. The van der Waals surface area contributed by atoms with E-state index in [-0.39, 0.29) is 17.1 Å². The van der Waals surface area contributed by atoms with E-state index >= 15 is 0 Å². The first kappa shape index (κ1) is 27.5. The van der Waals surface area contributed by atoms with Gasteiger partial charge >= 0.3 is 0 Å². The number of hydrogen-bond acceptors (Lipinski definition) is 4. The summed E-state index contributed by atoms with van der Waals surface area (Å²) in [5.74, 6) is 7.87. The van der Waals surface area contributed by atoms with Gasteiger partial charge in [0.25, 0.3) is 0 Å². The number of rotatable bonds is 3. The molecule has 7 rings (SSSR count). The number of carbonyl (C=O) groups excluding carboxylic acids is 1. The fourth-order valence-corrected chi connectivity index (χ4v) is 8.95. The largest absolute Gasteiger partial charge is 0.378 e. The lowest BCUT2D eigenvalue weighted by Gasteiger charge is -2.50. The fraction of sp³-hybridized carbons (Fsp3) is 0.500. The molecule has 0 bridgehead atoms. The lowest BCUT2D eigenvalue weighted by atomic mass is 9.54. The molecule has 4 nitrogen and oxygen atoms in total. The summed E-state index contributed by atoms with van der Waals surface area (Å²) in [6.45, 7) is 4.59. The first-order chi connectivity index (χ1) is 20.3. The number of allylic oxidation sites excluding steroid dienone is 4. The molecule has 0 radical (unpaired) electrons. The number of nitrogens with zero attached hydrogens (tertiary/aromatic N) is 2. The second kappa shape index (κ2) is 10.5. The number of ketones is 1. The molecule has 4 aliphatic carbocycles. The molecule has 42 heavy (non-hydrogen) atoms. The van der Waals surface area contributed by atoms with Gasteiger partial charge in [0, 0.05) is 49.5 Å². The summed E-state index contributed by atoms with van der Waals surface area (Å²) in [7, 11) is 4.09. The van der Waals surface area contributed by atoms with Crippen LogP contribution in [0.4, 0.5) is 11.4 Å². The standard InChI is InChI=1S/C38H44N2O2/c1-37-19-17-31-32(15-10-28-24-36(41)34(25-33(28)31)27-8-13-29(14-9-27)39(2)3)35(37)18-21-38(37,42)20-16-26-6-11-30(12-7-26)40-22-4-5-23-40/h6-9,11-14,24,32,34-35,42H,4-5,10,15,17-19,21-23,25H2,1-3H3/t32-,34?,35+,37+,38-/m1/s1. The second-order valence-corrected chi connectivity index (χ2v) is 13.9. The predicted molar refractivity (Wildman–Crippen MR) is 171 cm³/mol. The van der Waals surface area contributed by atoms with E-state index in [4.69, 9.17) is 0 Å². The third-order valence-corrected chi connectivity index (χ3v) is 11.6. The number of anilines is 2. The molecule has 3 fully saturated rings. The van der Waals surface area contributed by atoms with Crippen molar-refractivity contribution in [3.8, 4) is 11.8 Å². The maximum absolute atomic E-state index is 13.3. The van der Waals surface area contributed by atoms with Crippen molar-refractivity contribution in [3.63, 3.8) is 0 Å². The third-order valence-electron chi connectivity index (χ3n) is 11.6. The predicted octanol–water partition coefficient (Wildman–Crippen LogP) is 7.04. The van der Waals surface area contributed by atoms with E-state index in [9.17, 15) is 9.90 Å². The van der Waals surface area contributed by atoms with Gasteiger partial charge in [-0.05, 0) is 129 Å². The lowest BCUT2D eigenvalue weighted by Crippen LogP contribution is -2.49. The second-order valence-electron chi connectivity index (χ2n) is 13.9. The number of hydrogen-bond donors (Lipinski definition) is 1. The van der Waals surface area contributed by atoms with Crippen LogP contribution >= 0.6 is 0 Å². The molecule has 0 aromatic heterocycles. The van der Waals surface area contributed by atoms with Crippen LogP contribution in [0.25, 0.3) is 0 Å². The molecule has 1 heterocycles. The van der Waals surface area contributed by atoms with Gasteiger partial charge in [-0.15, -0.1) is 0 Å². The molecule has 1 N–H and O–H groups in total. The summed E-state index contributed by atoms with van der Waals surface area (Å²) in [5, 5.41) is 12.1. The minimum atomic E-state index is -0.961. The van der Waals surface area contributed by atoms with Crippen LogP contribution in [0.5, 0.6) is 0 Å². The van der Waals surface area contributed by atoms with Gasteiger partial charge in [0.2, 0.25) is 0 Å². The van der Waals surface area contributed by atoms with Crippen molar-refractivity contribution in [1.29, 1.82) is 0 Å². The van der Waals surface area contributed by atoms with Crippen molar-refractivity contribution in [3.05, 3.63) is 82.5 Å². The smallest absolute Gasteiger partial charge is 0.163 e. The summed E-state index contributed by atoms with van der Waals surface area (Å²) in [6.07, 6.45) is 11.1. The van der Waals surface area contributed by atoms with E-state index in [0.717, 1.165) is 74.8 Å². The van der Waals surface area contributed by atoms with Gasteiger partial charge in [-0.1, -0.05) is 36.5 Å². The van der Waals surface area contributed by atoms with Crippen LogP contribution in [0.15, 0.2) is 71.3 Å². The SMILES string of the molecule is CN(C)c1ccc(C2CC3=C4CC[C@@]5(C)[C@@H](CC[C@]5(O)C#Cc5ccc(N6CCCC6)cc5)[C@@H]4CCC3=CC2=O)cc1. The number of carbonyl (C=O) groups is 1. The summed E-state index contributed by atoms with van der Waals surface area (Å²) >= 11 is 0. The maximum atomic E-state index is 13.3. The number of aliphatic hydroxyl groups is 1. The van der Waals surface area contributed by atoms with E-state index < -0.39 is 5.60 Å². The highest BCUT2D eigenvalue weighted by atomic mass is 16.3. The molecule has 2 saturated carbocycles. The Bertz CT molecular complexity index is 1500. The molecular weight excluding hydrogens is 516 g/mol. The van der Waals surface area contributed by atoms with Crippen molar-refractivity contribution < 1.29 is 9.90 Å². The molecule has 4 heteroatoms. The fourth-order valence-electron chi connectivity index (χ4n) is 8.95. The zero-order valence-electron chi connectivity index (χ0n) is 25.5. The van der Waals surface area contributed by atoms with Gasteiger partial charge in [-0.2, -0.15) is 0 Å². The van der Waals surface area contributed by atoms with Gasteiger partial charge in [0.05, 0.1) is 5.92 Å². The van der Waals surface area contributed by atoms with Crippen molar-refractivity contribution in [2.45, 2.75) is 76.2 Å². The first-order valence-corrected chi connectivity index (χ1v) is 16.1. The van der Waals surface area contributed by atoms with Gasteiger partial charge in [0.15, 0.2) is 5.78 Å². The summed E-state index contributed by atoms with van der Waals surface area (Å²) in [6, 6.07) is 17.1. The molecule has 0 amide bonds. The molecule has 5 atom stereocenters. The average molecular weight is 561 g/mol.